The van der Waals surface area contributed by atoms with Gasteiger partial charge in [0.2, 0.25) is 11.6 Å². The molecule has 0 radical (unpaired) electrons. The van der Waals surface area contributed by atoms with E-state index in [1.165, 1.54) is 18.6 Å². The summed E-state index contributed by atoms with van der Waals surface area (Å²) in [7, 11) is 1.55. The number of ether oxygens (including phenoxy) is 8. The minimum Gasteiger partial charge on any atom is -0.493 e. The van der Waals surface area contributed by atoms with Crippen LogP contribution in [0.15, 0.2) is 82.3 Å². The van der Waals surface area contributed by atoms with Gasteiger partial charge < -0.3 is 42.3 Å². The molecule has 0 atom stereocenters. The second kappa shape index (κ2) is 11.0. The maximum absolute atomic E-state index is 13.5. The van der Waals surface area contributed by atoms with Crippen LogP contribution in [0.1, 0.15) is 27.7 Å². The standard InChI is InChI=1S/C31H32O10/c1-7-10-34-26-11-19(8-9-24(26)33-6)25-14-23(32)29-27(36-16-22-18-38-31(4,5)41-22)12-20(13-28(29)39-25)35-15-21-17-37-30(2,3)40-21/h7-9,11-14,17-18H,1,10,15-16H2,2-6H3. The van der Waals surface area contributed by atoms with Crippen LogP contribution in [-0.2, 0) is 18.9 Å². The topological polar surface area (TPSA) is 104 Å². The van der Waals surface area contributed by atoms with Crippen molar-refractivity contribution in [3.63, 3.8) is 0 Å². The zero-order valence-electron chi connectivity index (χ0n) is 23.6. The van der Waals surface area contributed by atoms with Crippen LogP contribution in [0.4, 0.5) is 0 Å². The van der Waals surface area contributed by atoms with Gasteiger partial charge in [-0.1, -0.05) is 12.7 Å². The third-order valence-electron chi connectivity index (χ3n) is 6.03. The van der Waals surface area contributed by atoms with Crippen molar-refractivity contribution in [2.45, 2.75) is 39.3 Å². The maximum Gasteiger partial charge on any atom is 0.244 e. The van der Waals surface area contributed by atoms with Crippen LogP contribution in [0.5, 0.6) is 23.0 Å². The van der Waals surface area contributed by atoms with E-state index in [4.69, 9.17) is 42.3 Å². The molecule has 216 valence electrons. The Kier molecular flexibility index (Phi) is 7.49. The van der Waals surface area contributed by atoms with Crippen LogP contribution in [0.2, 0.25) is 0 Å². The lowest BCUT2D eigenvalue weighted by Gasteiger charge is -2.19. The average Bonchev–Trinajstić information content (AvgIpc) is 3.48. The molecule has 5 rings (SSSR count). The molecule has 1 aromatic heterocycles. The van der Waals surface area contributed by atoms with Crippen molar-refractivity contribution in [2.24, 2.45) is 0 Å². The van der Waals surface area contributed by atoms with Gasteiger partial charge in [-0.2, -0.15) is 0 Å². The molecule has 2 aromatic carbocycles. The number of rotatable bonds is 11. The van der Waals surface area contributed by atoms with Gasteiger partial charge in [0.1, 0.15) is 60.6 Å². The van der Waals surface area contributed by atoms with E-state index in [1.54, 1.807) is 71.2 Å². The second-order valence-electron chi connectivity index (χ2n) is 10.2. The molecule has 0 spiro atoms. The maximum atomic E-state index is 13.5. The third kappa shape index (κ3) is 6.37. The lowest BCUT2D eigenvalue weighted by atomic mass is 10.1. The van der Waals surface area contributed by atoms with Gasteiger partial charge in [-0.15, -0.1) is 0 Å². The first kappa shape index (κ1) is 27.8. The summed E-state index contributed by atoms with van der Waals surface area (Å²) in [5, 5.41) is 0.248. The van der Waals surface area contributed by atoms with E-state index >= 15 is 0 Å². The molecule has 10 nitrogen and oxygen atoms in total. The molecule has 0 amide bonds. The summed E-state index contributed by atoms with van der Waals surface area (Å²) in [5.74, 6) is 1.43. The third-order valence-corrected chi connectivity index (χ3v) is 6.03. The second-order valence-corrected chi connectivity index (χ2v) is 10.2. The molecule has 0 N–H and O–H groups in total. The van der Waals surface area contributed by atoms with Gasteiger partial charge >= 0.3 is 0 Å². The molecule has 41 heavy (non-hydrogen) atoms. The predicted molar refractivity (Wildman–Crippen MR) is 150 cm³/mol. The zero-order chi connectivity index (χ0) is 29.2. The molecular weight excluding hydrogens is 532 g/mol. The van der Waals surface area contributed by atoms with Crippen molar-refractivity contribution in [1.29, 1.82) is 0 Å². The van der Waals surface area contributed by atoms with Gasteiger partial charge in [0.25, 0.3) is 0 Å². The molecule has 3 aromatic rings. The van der Waals surface area contributed by atoms with E-state index in [0.717, 1.165) is 0 Å². The Morgan fingerprint density at radius 3 is 2.12 bits per heavy atom. The first-order chi connectivity index (χ1) is 19.6. The van der Waals surface area contributed by atoms with Crippen molar-refractivity contribution in [2.75, 3.05) is 26.9 Å². The van der Waals surface area contributed by atoms with Gasteiger partial charge in [0.15, 0.2) is 28.4 Å². The minimum absolute atomic E-state index is 0.0297. The fourth-order valence-corrected chi connectivity index (χ4v) is 4.23. The van der Waals surface area contributed by atoms with Crippen LogP contribution in [0, 0.1) is 0 Å². The molecule has 0 saturated heterocycles. The Morgan fingerprint density at radius 2 is 1.51 bits per heavy atom. The van der Waals surface area contributed by atoms with Crippen LogP contribution >= 0.6 is 0 Å². The van der Waals surface area contributed by atoms with Crippen LogP contribution < -0.4 is 24.4 Å². The van der Waals surface area contributed by atoms with Gasteiger partial charge in [-0.3, -0.25) is 4.79 Å². The van der Waals surface area contributed by atoms with Crippen LogP contribution in [-0.4, -0.2) is 38.5 Å². The quantitative estimate of drug-likeness (QED) is 0.256. The monoisotopic (exact) mass is 564 g/mol. The normalized spacial score (nSPS) is 16.4. The summed E-state index contributed by atoms with van der Waals surface area (Å²) in [6, 6.07) is 9.91. The minimum atomic E-state index is -0.795. The highest BCUT2D eigenvalue weighted by Gasteiger charge is 2.29. The Balaban J connectivity index is 1.50. The lowest BCUT2D eigenvalue weighted by Crippen LogP contribution is -2.21. The number of hydrogen-bond donors (Lipinski definition) is 0. The van der Waals surface area contributed by atoms with E-state index in [-0.39, 0.29) is 42.0 Å². The summed E-state index contributed by atoms with van der Waals surface area (Å²) in [6.07, 6.45) is 4.63. The molecule has 0 fully saturated rings. The molecule has 10 heteroatoms. The number of fused-ring (bicyclic) bond motifs is 1. The first-order valence-corrected chi connectivity index (χ1v) is 13.0. The largest absolute Gasteiger partial charge is 0.493 e. The predicted octanol–water partition coefficient (Wildman–Crippen LogP) is 6.04. The van der Waals surface area contributed by atoms with Gasteiger partial charge in [-0.25, -0.2) is 0 Å². The number of hydrogen-bond acceptors (Lipinski definition) is 10. The van der Waals surface area contributed by atoms with Crippen molar-refractivity contribution < 1.29 is 42.3 Å². The van der Waals surface area contributed by atoms with Crippen molar-refractivity contribution >= 4 is 11.0 Å². The van der Waals surface area contributed by atoms with Crippen LogP contribution in [0.3, 0.4) is 0 Å². The molecule has 0 bridgehead atoms. The fourth-order valence-electron chi connectivity index (χ4n) is 4.23. The van der Waals surface area contributed by atoms with Gasteiger partial charge in [-0.05, 0) is 18.2 Å². The molecule has 0 aliphatic carbocycles. The molecule has 2 aliphatic rings. The van der Waals surface area contributed by atoms with E-state index < -0.39 is 11.6 Å². The zero-order valence-corrected chi connectivity index (χ0v) is 23.6. The van der Waals surface area contributed by atoms with Gasteiger partial charge in [0.05, 0.1) is 7.11 Å². The highest BCUT2D eigenvalue weighted by atomic mass is 16.7. The van der Waals surface area contributed by atoms with E-state index in [2.05, 4.69) is 6.58 Å². The molecule has 0 unspecified atom stereocenters. The summed E-state index contributed by atoms with van der Waals surface area (Å²) in [6.45, 7) is 11.3. The average molecular weight is 565 g/mol. The summed E-state index contributed by atoms with van der Waals surface area (Å²) in [5.41, 5.74) is 0.577. The van der Waals surface area contributed by atoms with E-state index in [0.29, 0.717) is 40.1 Å². The number of methoxy groups -OCH3 is 1. The Labute approximate surface area is 237 Å². The Bertz CT molecular complexity index is 1580. The molecular formula is C31H32O10. The van der Waals surface area contributed by atoms with E-state index in [1.807, 2.05) is 0 Å². The molecule has 3 heterocycles. The summed E-state index contributed by atoms with van der Waals surface area (Å²) in [4.78, 5) is 13.5. The lowest BCUT2D eigenvalue weighted by molar-refractivity contribution is -0.119. The van der Waals surface area contributed by atoms with Crippen molar-refractivity contribution in [1.82, 2.24) is 0 Å². The summed E-state index contributed by atoms with van der Waals surface area (Å²) < 4.78 is 51.8. The summed E-state index contributed by atoms with van der Waals surface area (Å²) >= 11 is 0. The SMILES string of the molecule is C=CCOc1cc(-c2cc(=O)c3c(OCC4=COC(C)(C)O4)cc(OCC4=COC(C)(C)O4)cc3o2)ccc1OC. The Hall–Kier alpha value is -4.73. The Morgan fingerprint density at radius 1 is 0.829 bits per heavy atom. The molecule has 0 saturated carbocycles. The van der Waals surface area contributed by atoms with Crippen LogP contribution in [0.25, 0.3) is 22.3 Å². The molecule has 2 aliphatic heterocycles. The number of benzene rings is 2. The highest BCUT2D eigenvalue weighted by molar-refractivity contribution is 5.86. The smallest absolute Gasteiger partial charge is 0.244 e. The van der Waals surface area contributed by atoms with Gasteiger partial charge in [0, 0.05) is 51.5 Å². The fraction of sp³-hybridized carbons (Fsp3) is 0.323. The van der Waals surface area contributed by atoms with E-state index in [9.17, 15) is 4.79 Å². The highest BCUT2D eigenvalue weighted by Crippen LogP contribution is 2.36. The first-order valence-electron chi connectivity index (χ1n) is 13.0. The van der Waals surface area contributed by atoms with Crippen molar-refractivity contribution in [3.8, 4) is 34.3 Å². The van der Waals surface area contributed by atoms with Crippen molar-refractivity contribution in [3.05, 3.63) is 83.3 Å².